The van der Waals surface area contributed by atoms with Crippen molar-refractivity contribution in [2.45, 2.75) is 20.8 Å². The highest BCUT2D eigenvalue weighted by atomic mass is 32.2. The first-order valence-electron chi connectivity index (χ1n) is 10.0. The molecule has 2 heterocycles. The number of anilines is 2. The van der Waals surface area contributed by atoms with Crippen molar-refractivity contribution in [1.29, 1.82) is 0 Å². The summed E-state index contributed by atoms with van der Waals surface area (Å²) in [6.07, 6.45) is 1.09. The summed E-state index contributed by atoms with van der Waals surface area (Å²) in [6, 6.07) is 7.32. The van der Waals surface area contributed by atoms with E-state index in [1.807, 2.05) is 37.8 Å². The van der Waals surface area contributed by atoms with Crippen LogP contribution in [0.4, 0.5) is 16.3 Å². The first-order chi connectivity index (χ1) is 14.6. The van der Waals surface area contributed by atoms with Crippen LogP contribution >= 0.6 is 0 Å². The van der Waals surface area contributed by atoms with Gasteiger partial charge in [0.05, 0.1) is 6.26 Å². The van der Waals surface area contributed by atoms with Crippen molar-refractivity contribution in [3.8, 4) is 11.6 Å². The molecule has 1 aromatic heterocycles. The van der Waals surface area contributed by atoms with Gasteiger partial charge >= 0.3 is 6.03 Å². The molecule has 1 aromatic carbocycles. The topological polar surface area (TPSA) is 104 Å². The second kappa shape index (κ2) is 9.01. The fourth-order valence-corrected chi connectivity index (χ4v) is 4.24. The smallest absolute Gasteiger partial charge is 0.317 e. The Labute approximate surface area is 183 Å². The summed E-state index contributed by atoms with van der Waals surface area (Å²) >= 11 is 0. The second-order valence-corrected chi connectivity index (χ2v) is 9.50. The Morgan fingerprint density at radius 1 is 1.06 bits per heavy atom. The van der Waals surface area contributed by atoms with Gasteiger partial charge in [0, 0.05) is 33.2 Å². The summed E-state index contributed by atoms with van der Waals surface area (Å²) in [7, 11) is -1.90. The molecule has 1 aliphatic rings. The van der Waals surface area contributed by atoms with Gasteiger partial charge in [0.1, 0.15) is 17.3 Å². The van der Waals surface area contributed by atoms with Gasteiger partial charge in [-0.05, 0) is 44.0 Å². The molecule has 2 amide bonds. The van der Waals surface area contributed by atoms with Crippen LogP contribution < -0.4 is 19.7 Å². The average molecular weight is 448 g/mol. The average Bonchev–Trinajstić information content (AvgIpc) is 2.70. The molecule has 10 heteroatoms. The lowest BCUT2D eigenvalue weighted by Crippen LogP contribution is -2.51. The minimum atomic E-state index is -3.51. The summed E-state index contributed by atoms with van der Waals surface area (Å²) in [4.78, 5) is 20.2. The van der Waals surface area contributed by atoms with E-state index in [2.05, 4.69) is 15.0 Å². The maximum Gasteiger partial charge on any atom is 0.317 e. The van der Waals surface area contributed by atoms with E-state index in [1.54, 1.807) is 24.1 Å². The molecular weight excluding hydrogens is 418 g/mol. The van der Waals surface area contributed by atoms with Crippen molar-refractivity contribution >= 4 is 27.6 Å². The van der Waals surface area contributed by atoms with Gasteiger partial charge in [-0.3, -0.25) is 4.72 Å². The minimum Gasteiger partial charge on any atom is -0.436 e. The molecule has 9 nitrogen and oxygen atoms in total. The number of carbonyl (C=O) groups is 1. The van der Waals surface area contributed by atoms with Crippen molar-refractivity contribution in [2.24, 2.45) is 0 Å². The van der Waals surface area contributed by atoms with Crippen LogP contribution in [0.2, 0.25) is 0 Å². The first-order valence-corrected chi connectivity index (χ1v) is 11.9. The molecule has 0 radical (unpaired) electrons. The summed E-state index contributed by atoms with van der Waals surface area (Å²) in [5.41, 5.74) is 3.27. The van der Waals surface area contributed by atoms with E-state index in [1.165, 1.54) is 0 Å². The lowest BCUT2D eigenvalue weighted by Gasteiger charge is -2.35. The molecule has 2 aromatic rings. The van der Waals surface area contributed by atoms with Gasteiger partial charge in [-0.1, -0.05) is 17.7 Å². The van der Waals surface area contributed by atoms with Crippen molar-refractivity contribution in [3.05, 3.63) is 41.0 Å². The third-order valence-corrected chi connectivity index (χ3v) is 5.64. The quantitative estimate of drug-likeness (QED) is 0.730. The lowest BCUT2D eigenvalue weighted by atomic mass is 10.1. The summed E-state index contributed by atoms with van der Waals surface area (Å²) in [6.45, 7) is 8.26. The van der Waals surface area contributed by atoms with Gasteiger partial charge in [0.2, 0.25) is 15.9 Å². The Bertz CT molecular complexity index is 1060. The normalized spacial score (nSPS) is 14.4. The molecule has 0 bridgehead atoms. The number of carbonyl (C=O) groups excluding carboxylic acids is 1. The summed E-state index contributed by atoms with van der Waals surface area (Å²) < 4.78 is 32.3. The molecule has 1 saturated heterocycles. The highest BCUT2D eigenvalue weighted by Crippen LogP contribution is 2.35. The number of hydrogen-bond acceptors (Lipinski definition) is 6. The Balaban J connectivity index is 1.92. The number of piperazine rings is 1. The summed E-state index contributed by atoms with van der Waals surface area (Å²) in [5.74, 6) is 1.50. The number of hydrogen-bond donors (Lipinski definition) is 2. The standard InChI is InChI=1S/C21H29N5O4S/c1-14-12-15(2)19(16(3)13-14)30-20-17(24-31(5,28)29)6-7-18(23-20)25-8-10-26(11-9-25)21(27)22-4/h6-7,12-13,24H,8-11H2,1-5H3,(H,22,27). The van der Waals surface area contributed by atoms with E-state index in [-0.39, 0.29) is 17.6 Å². The number of amides is 2. The van der Waals surface area contributed by atoms with Gasteiger partial charge < -0.3 is 19.9 Å². The molecule has 1 aliphatic heterocycles. The zero-order chi connectivity index (χ0) is 22.8. The molecule has 1 fully saturated rings. The number of pyridine rings is 1. The maximum absolute atomic E-state index is 11.9. The number of aromatic nitrogens is 1. The van der Waals surface area contributed by atoms with Crippen molar-refractivity contribution in [2.75, 3.05) is 49.1 Å². The largest absolute Gasteiger partial charge is 0.436 e. The number of aryl methyl sites for hydroxylation is 3. The molecular formula is C21H29N5O4S. The molecule has 0 atom stereocenters. The van der Waals surface area contributed by atoms with Gasteiger partial charge in [-0.15, -0.1) is 0 Å². The van der Waals surface area contributed by atoms with E-state index in [0.717, 1.165) is 22.9 Å². The van der Waals surface area contributed by atoms with E-state index in [4.69, 9.17) is 4.74 Å². The van der Waals surface area contributed by atoms with Gasteiger partial charge in [-0.2, -0.15) is 4.98 Å². The number of ether oxygens (including phenoxy) is 1. The Hall–Kier alpha value is -3.01. The van der Waals surface area contributed by atoms with Crippen LogP contribution in [0.25, 0.3) is 0 Å². The van der Waals surface area contributed by atoms with E-state index < -0.39 is 10.0 Å². The van der Waals surface area contributed by atoms with Gasteiger partial charge in [0.25, 0.3) is 0 Å². The van der Waals surface area contributed by atoms with Crippen LogP contribution in [0.1, 0.15) is 16.7 Å². The van der Waals surface area contributed by atoms with Crippen LogP contribution in [-0.4, -0.2) is 63.8 Å². The fourth-order valence-electron chi connectivity index (χ4n) is 3.68. The summed E-state index contributed by atoms with van der Waals surface area (Å²) in [5, 5.41) is 2.64. The van der Waals surface area contributed by atoms with Crippen LogP contribution in [0.3, 0.4) is 0 Å². The van der Waals surface area contributed by atoms with Crippen LogP contribution in [0.5, 0.6) is 11.6 Å². The predicted molar refractivity (Wildman–Crippen MR) is 122 cm³/mol. The number of benzene rings is 1. The monoisotopic (exact) mass is 447 g/mol. The lowest BCUT2D eigenvalue weighted by molar-refractivity contribution is 0.196. The predicted octanol–water partition coefficient (Wildman–Crippen LogP) is 2.63. The van der Waals surface area contributed by atoms with Gasteiger partial charge in [-0.25, -0.2) is 13.2 Å². The van der Waals surface area contributed by atoms with E-state index in [9.17, 15) is 13.2 Å². The minimum absolute atomic E-state index is 0.102. The van der Waals surface area contributed by atoms with Crippen molar-refractivity contribution in [3.63, 3.8) is 0 Å². The van der Waals surface area contributed by atoms with Crippen molar-refractivity contribution in [1.82, 2.24) is 15.2 Å². The number of rotatable bonds is 5. The zero-order valence-corrected chi connectivity index (χ0v) is 19.3. The third kappa shape index (κ3) is 5.57. The highest BCUT2D eigenvalue weighted by molar-refractivity contribution is 7.92. The maximum atomic E-state index is 11.9. The molecule has 0 aliphatic carbocycles. The highest BCUT2D eigenvalue weighted by Gasteiger charge is 2.23. The Morgan fingerprint density at radius 3 is 2.23 bits per heavy atom. The number of nitrogens with one attached hydrogen (secondary N) is 2. The molecule has 168 valence electrons. The Kier molecular flexibility index (Phi) is 6.59. The molecule has 3 rings (SSSR count). The second-order valence-electron chi connectivity index (χ2n) is 7.76. The first kappa shape index (κ1) is 22.7. The number of urea groups is 1. The van der Waals surface area contributed by atoms with Gasteiger partial charge in [0.15, 0.2) is 0 Å². The van der Waals surface area contributed by atoms with Crippen LogP contribution in [0, 0.1) is 20.8 Å². The molecule has 0 unspecified atom stereocenters. The molecule has 2 N–H and O–H groups in total. The molecule has 0 saturated carbocycles. The van der Waals surface area contributed by atoms with Crippen LogP contribution in [-0.2, 0) is 10.0 Å². The third-order valence-electron chi connectivity index (χ3n) is 5.05. The van der Waals surface area contributed by atoms with Crippen LogP contribution in [0.15, 0.2) is 24.3 Å². The Morgan fingerprint density at radius 2 is 1.68 bits per heavy atom. The SMILES string of the molecule is CNC(=O)N1CCN(c2ccc(NS(C)(=O)=O)c(Oc3c(C)cc(C)cc3C)n2)CC1. The number of sulfonamides is 1. The van der Waals surface area contributed by atoms with Crippen molar-refractivity contribution < 1.29 is 17.9 Å². The fraction of sp³-hybridized carbons (Fsp3) is 0.429. The molecule has 31 heavy (non-hydrogen) atoms. The van der Waals surface area contributed by atoms with E-state index >= 15 is 0 Å². The molecule has 0 spiro atoms. The van der Waals surface area contributed by atoms with E-state index in [0.29, 0.717) is 37.7 Å². The number of nitrogens with zero attached hydrogens (tertiary/aromatic N) is 3. The zero-order valence-electron chi connectivity index (χ0n) is 18.5.